The van der Waals surface area contributed by atoms with Crippen LogP contribution in [0.5, 0.6) is 5.75 Å². The number of rotatable bonds is 6. The molecular weight excluding hydrogens is 336 g/mol. The molecule has 1 heterocycles. The van der Waals surface area contributed by atoms with Crippen LogP contribution in [0.1, 0.15) is 29.9 Å². The van der Waals surface area contributed by atoms with Crippen LogP contribution >= 0.6 is 0 Å². The molecule has 3 rings (SSSR count). The third kappa shape index (κ3) is 3.21. The predicted molar refractivity (Wildman–Crippen MR) is 98.6 cm³/mol. The summed E-state index contributed by atoms with van der Waals surface area (Å²) < 4.78 is 11.2. The van der Waals surface area contributed by atoms with E-state index in [1.807, 2.05) is 32.0 Å². The number of nitrogens with zero attached hydrogens (tertiary/aromatic N) is 1. The highest BCUT2D eigenvalue weighted by molar-refractivity contribution is 5.84. The van der Waals surface area contributed by atoms with Gasteiger partial charge in [0, 0.05) is 17.0 Å². The molecule has 0 saturated heterocycles. The number of nitro groups is 1. The fourth-order valence-corrected chi connectivity index (χ4v) is 3.01. The number of fused-ring (bicyclic) bond motifs is 1. The molecule has 2 N–H and O–H groups in total. The summed E-state index contributed by atoms with van der Waals surface area (Å²) in [4.78, 5) is 10.8. The number of aliphatic hydroxyl groups is 1. The summed E-state index contributed by atoms with van der Waals surface area (Å²) in [5.41, 5.74) is 2.55. The number of hydrogen-bond donors (Lipinski definition) is 2. The van der Waals surface area contributed by atoms with Gasteiger partial charge < -0.3 is 19.6 Å². The fourth-order valence-electron chi connectivity index (χ4n) is 3.01. The van der Waals surface area contributed by atoms with Crippen LogP contribution in [0.3, 0.4) is 0 Å². The van der Waals surface area contributed by atoms with Gasteiger partial charge in [0.2, 0.25) is 0 Å². The number of aliphatic hydroxyl groups excluding tert-OH is 1. The molecule has 0 aliphatic rings. The predicted octanol–water partition coefficient (Wildman–Crippen LogP) is 4.32. The van der Waals surface area contributed by atoms with Crippen molar-refractivity contribution in [2.45, 2.75) is 26.5 Å². The largest absolute Gasteiger partial charge is 0.497 e. The molecule has 0 radical (unpaired) electrons. The third-order valence-corrected chi connectivity index (χ3v) is 4.39. The highest BCUT2D eigenvalue weighted by Gasteiger charge is 2.21. The Bertz CT molecular complexity index is 964. The van der Waals surface area contributed by atoms with E-state index >= 15 is 0 Å². The van der Waals surface area contributed by atoms with Crippen molar-refractivity contribution in [3.8, 4) is 5.75 Å². The molecule has 26 heavy (non-hydrogen) atoms. The maximum Gasteiger partial charge on any atom is 0.292 e. The van der Waals surface area contributed by atoms with E-state index in [2.05, 4.69) is 5.32 Å². The number of nitro benzene ring substituents is 1. The molecule has 0 spiro atoms. The molecule has 0 saturated carbocycles. The van der Waals surface area contributed by atoms with Crippen molar-refractivity contribution < 1.29 is 19.2 Å². The molecule has 2 aromatic carbocycles. The summed E-state index contributed by atoms with van der Waals surface area (Å²) in [6.45, 7) is 3.62. The van der Waals surface area contributed by atoms with Crippen LogP contribution in [0.15, 0.2) is 40.8 Å². The lowest BCUT2D eigenvalue weighted by Gasteiger charge is -2.15. The van der Waals surface area contributed by atoms with Gasteiger partial charge in [-0.1, -0.05) is 0 Å². The van der Waals surface area contributed by atoms with Gasteiger partial charge >= 0.3 is 0 Å². The molecule has 1 unspecified atom stereocenters. The maximum absolute atomic E-state index is 11.3. The van der Waals surface area contributed by atoms with Gasteiger partial charge in [-0.05, 0) is 49.7 Å². The Hall–Kier alpha value is -3.06. The summed E-state index contributed by atoms with van der Waals surface area (Å²) in [6.07, 6.45) is 0. The molecule has 1 atom stereocenters. The minimum atomic E-state index is -0.452. The van der Waals surface area contributed by atoms with Crippen LogP contribution in [0.4, 0.5) is 11.4 Å². The molecule has 136 valence electrons. The van der Waals surface area contributed by atoms with E-state index < -0.39 is 4.92 Å². The van der Waals surface area contributed by atoms with Crippen molar-refractivity contribution in [2.75, 3.05) is 12.4 Å². The van der Waals surface area contributed by atoms with E-state index in [0.717, 1.165) is 22.3 Å². The van der Waals surface area contributed by atoms with Crippen LogP contribution < -0.4 is 10.1 Å². The number of aryl methyl sites for hydroxylation is 1. The summed E-state index contributed by atoms with van der Waals surface area (Å²) in [5.74, 6) is 1.43. The number of anilines is 1. The summed E-state index contributed by atoms with van der Waals surface area (Å²) in [7, 11) is 1.61. The Morgan fingerprint density at radius 2 is 2.08 bits per heavy atom. The van der Waals surface area contributed by atoms with Gasteiger partial charge in [-0.25, -0.2) is 0 Å². The third-order valence-electron chi connectivity index (χ3n) is 4.39. The molecule has 0 bridgehead atoms. The van der Waals surface area contributed by atoms with E-state index in [-0.39, 0.29) is 18.3 Å². The second kappa shape index (κ2) is 7.05. The zero-order chi connectivity index (χ0) is 18.8. The van der Waals surface area contributed by atoms with Crippen molar-refractivity contribution in [3.63, 3.8) is 0 Å². The molecule has 0 aliphatic heterocycles. The fraction of sp³-hybridized carbons (Fsp3) is 0.263. The average Bonchev–Trinajstić information content (AvgIpc) is 2.97. The van der Waals surface area contributed by atoms with Gasteiger partial charge in [0.1, 0.15) is 22.8 Å². The van der Waals surface area contributed by atoms with Gasteiger partial charge in [-0.15, -0.1) is 0 Å². The second-order valence-corrected chi connectivity index (χ2v) is 6.09. The van der Waals surface area contributed by atoms with Gasteiger partial charge in [-0.2, -0.15) is 0 Å². The van der Waals surface area contributed by atoms with Crippen LogP contribution in [-0.2, 0) is 6.61 Å². The average molecular weight is 356 g/mol. The molecule has 0 amide bonds. The first-order valence-corrected chi connectivity index (χ1v) is 8.16. The SMILES string of the molecule is COc1ccc2oc(C(C)Nc3cc(CO)ccc3[N+](=O)[O-])c(C)c2c1. The quantitative estimate of drug-likeness (QED) is 0.504. The first-order valence-electron chi connectivity index (χ1n) is 8.16. The highest BCUT2D eigenvalue weighted by atomic mass is 16.6. The van der Waals surface area contributed by atoms with E-state index in [9.17, 15) is 15.2 Å². The van der Waals surface area contributed by atoms with Crippen molar-refractivity contribution in [1.29, 1.82) is 0 Å². The summed E-state index contributed by atoms with van der Waals surface area (Å²) in [5, 5.41) is 24.7. The lowest BCUT2D eigenvalue weighted by Crippen LogP contribution is -2.09. The number of nitrogens with one attached hydrogen (secondary N) is 1. The molecule has 0 fully saturated rings. The molecule has 0 aliphatic carbocycles. The molecular formula is C19H20N2O5. The molecule has 3 aromatic rings. The van der Waals surface area contributed by atoms with Crippen molar-refractivity contribution in [1.82, 2.24) is 0 Å². The van der Waals surface area contributed by atoms with Crippen LogP contribution in [0, 0.1) is 17.0 Å². The van der Waals surface area contributed by atoms with E-state index in [1.54, 1.807) is 13.2 Å². The number of methoxy groups -OCH3 is 1. The van der Waals surface area contributed by atoms with Gasteiger partial charge in [0.25, 0.3) is 5.69 Å². The Labute approximate surface area is 150 Å². The van der Waals surface area contributed by atoms with Crippen molar-refractivity contribution in [2.24, 2.45) is 0 Å². The minimum absolute atomic E-state index is 0.0514. The maximum atomic E-state index is 11.3. The van der Waals surface area contributed by atoms with E-state index in [4.69, 9.17) is 9.15 Å². The van der Waals surface area contributed by atoms with Crippen molar-refractivity contribution >= 4 is 22.3 Å². The van der Waals surface area contributed by atoms with E-state index in [1.165, 1.54) is 12.1 Å². The number of hydrogen-bond acceptors (Lipinski definition) is 6. The topological polar surface area (TPSA) is 97.8 Å². The van der Waals surface area contributed by atoms with Crippen LogP contribution in [0.2, 0.25) is 0 Å². The second-order valence-electron chi connectivity index (χ2n) is 6.09. The smallest absolute Gasteiger partial charge is 0.292 e. The Balaban J connectivity index is 1.98. The molecule has 7 nitrogen and oxygen atoms in total. The number of ether oxygens (including phenoxy) is 1. The van der Waals surface area contributed by atoms with Crippen LogP contribution in [0.25, 0.3) is 11.0 Å². The van der Waals surface area contributed by atoms with Crippen molar-refractivity contribution in [3.05, 3.63) is 63.4 Å². The Kier molecular flexibility index (Phi) is 4.81. The standard InChI is InChI=1S/C19H20N2O5/c1-11-15-9-14(25-3)5-7-18(15)26-19(11)12(2)20-16-8-13(10-22)4-6-17(16)21(23)24/h4-9,12,20,22H,10H2,1-3H3. The summed E-state index contributed by atoms with van der Waals surface area (Å²) in [6, 6.07) is 9.76. The Morgan fingerprint density at radius 1 is 1.31 bits per heavy atom. The first-order chi connectivity index (χ1) is 12.4. The lowest BCUT2D eigenvalue weighted by atomic mass is 10.1. The lowest BCUT2D eigenvalue weighted by molar-refractivity contribution is -0.384. The van der Waals surface area contributed by atoms with Gasteiger partial charge in [0.05, 0.1) is 24.7 Å². The first kappa shape index (κ1) is 17.8. The zero-order valence-corrected chi connectivity index (χ0v) is 14.8. The number of benzene rings is 2. The summed E-state index contributed by atoms with van der Waals surface area (Å²) >= 11 is 0. The van der Waals surface area contributed by atoms with Crippen LogP contribution in [-0.4, -0.2) is 17.1 Å². The van der Waals surface area contributed by atoms with Gasteiger partial charge in [-0.3, -0.25) is 10.1 Å². The van der Waals surface area contributed by atoms with E-state index in [0.29, 0.717) is 17.0 Å². The normalized spacial score (nSPS) is 12.2. The minimum Gasteiger partial charge on any atom is -0.497 e. The zero-order valence-electron chi connectivity index (χ0n) is 14.8. The Morgan fingerprint density at radius 3 is 2.73 bits per heavy atom. The highest BCUT2D eigenvalue weighted by Crippen LogP contribution is 2.35. The number of furan rings is 1. The molecule has 1 aromatic heterocycles. The van der Waals surface area contributed by atoms with Gasteiger partial charge in [0.15, 0.2) is 0 Å². The monoisotopic (exact) mass is 356 g/mol. The molecule has 7 heteroatoms.